The number of amidine groups is 1. The summed E-state index contributed by atoms with van der Waals surface area (Å²) in [6.07, 6.45) is 0.956. The molecule has 1 aromatic heterocycles. The second kappa shape index (κ2) is 7.47. The Morgan fingerprint density at radius 3 is 2.77 bits per heavy atom. The van der Waals surface area contributed by atoms with E-state index in [1.54, 1.807) is 0 Å². The molecule has 2 aromatic rings. The summed E-state index contributed by atoms with van der Waals surface area (Å²) in [5.74, 6) is -6.01. The summed E-state index contributed by atoms with van der Waals surface area (Å²) in [5, 5.41) is 2.51. The van der Waals surface area contributed by atoms with E-state index in [0.717, 1.165) is 18.5 Å². The Labute approximate surface area is 174 Å². The monoisotopic (exact) mass is 437 g/mol. The molecule has 31 heavy (non-hydrogen) atoms. The van der Waals surface area contributed by atoms with Crippen LogP contribution in [0.1, 0.15) is 41.5 Å². The van der Waals surface area contributed by atoms with Gasteiger partial charge in [0.2, 0.25) is 0 Å². The number of nitrogens with two attached hydrogens (primary N) is 1. The van der Waals surface area contributed by atoms with Gasteiger partial charge in [-0.2, -0.15) is 0 Å². The number of ether oxygens (including phenoxy) is 1. The molecule has 1 fully saturated rings. The van der Waals surface area contributed by atoms with E-state index in [1.165, 1.54) is 19.1 Å². The van der Waals surface area contributed by atoms with Gasteiger partial charge in [-0.15, -0.1) is 0 Å². The molecular weight excluding hydrogens is 418 g/mol. The first-order chi connectivity index (χ1) is 14.6. The number of halogens is 4. The lowest BCUT2D eigenvalue weighted by atomic mass is 9.75. The fourth-order valence-corrected chi connectivity index (χ4v) is 4.26. The predicted molar refractivity (Wildman–Crippen MR) is 103 cm³/mol. The molecule has 0 spiro atoms. The fourth-order valence-electron chi connectivity index (χ4n) is 4.26. The van der Waals surface area contributed by atoms with Crippen LogP contribution in [-0.4, -0.2) is 33.9 Å². The molecule has 7 nitrogen and oxygen atoms in total. The Balaban J connectivity index is 1.68. The number of aromatic nitrogens is 2. The summed E-state index contributed by atoms with van der Waals surface area (Å²) in [5.41, 5.74) is 3.96. The third-order valence-electron chi connectivity index (χ3n) is 5.65. The molecule has 0 unspecified atom stereocenters. The van der Waals surface area contributed by atoms with Gasteiger partial charge >= 0.3 is 0 Å². The van der Waals surface area contributed by atoms with Crippen LogP contribution in [0.15, 0.2) is 35.6 Å². The number of nitrogens with one attached hydrogen (secondary N) is 1. The number of anilines is 1. The van der Waals surface area contributed by atoms with E-state index in [2.05, 4.69) is 20.3 Å². The van der Waals surface area contributed by atoms with Crippen molar-refractivity contribution < 1.29 is 27.1 Å². The number of alkyl halides is 3. The number of carbonyl (C=O) groups excluding carboxylic acids is 1. The Bertz CT molecular complexity index is 1050. The number of amides is 1. The van der Waals surface area contributed by atoms with Gasteiger partial charge < -0.3 is 15.8 Å². The van der Waals surface area contributed by atoms with Crippen LogP contribution in [0.4, 0.5) is 23.2 Å². The van der Waals surface area contributed by atoms with Crippen LogP contribution in [0.3, 0.4) is 0 Å². The van der Waals surface area contributed by atoms with E-state index >= 15 is 0 Å². The maximum absolute atomic E-state index is 14.8. The predicted octanol–water partition coefficient (Wildman–Crippen LogP) is 3.31. The largest absolute Gasteiger partial charge is 0.461 e. The lowest BCUT2D eigenvalue weighted by Gasteiger charge is -2.41. The van der Waals surface area contributed by atoms with Crippen molar-refractivity contribution in [3.63, 3.8) is 0 Å². The Kier molecular flexibility index (Phi) is 5.06. The van der Waals surface area contributed by atoms with Crippen molar-refractivity contribution >= 4 is 17.6 Å². The summed E-state index contributed by atoms with van der Waals surface area (Å²) in [6.45, 7) is 0.555. The van der Waals surface area contributed by atoms with Crippen molar-refractivity contribution in [1.29, 1.82) is 0 Å². The highest BCUT2D eigenvalue weighted by atomic mass is 19.3. The molecule has 1 aliphatic heterocycles. The van der Waals surface area contributed by atoms with Gasteiger partial charge in [0.05, 0.1) is 24.0 Å². The van der Waals surface area contributed by atoms with Crippen LogP contribution in [0, 0.1) is 11.7 Å². The van der Waals surface area contributed by atoms with Gasteiger partial charge in [-0.05, 0) is 31.5 Å². The molecule has 11 heteroatoms. The third kappa shape index (κ3) is 3.68. The van der Waals surface area contributed by atoms with E-state index in [9.17, 15) is 22.4 Å². The van der Waals surface area contributed by atoms with Crippen molar-refractivity contribution in [2.75, 3.05) is 5.32 Å². The van der Waals surface area contributed by atoms with E-state index in [1.807, 2.05) is 0 Å². The minimum absolute atomic E-state index is 0.0646. The standard InChI is InChI=1S/C20H19F4N5O2/c1-19(16-15(31-18(25)29-19)4-5-20(16,23)24)12-6-10(2-3-13(12)22)28-17(30)14-9-26-11(7-21)8-27-14/h2-3,6,8-9,15-16H,4-5,7H2,1H3,(H2,25,29)(H,28,30)/t15-,16+,19-/m1/s1. The molecule has 3 atom stereocenters. The van der Waals surface area contributed by atoms with Gasteiger partial charge in [0.25, 0.3) is 17.9 Å². The second-order valence-electron chi connectivity index (χ2n) is 7.71. The molecule has 1 aliphatic carbocycles. The molecule has 1 aromatic carbocycles. The number of aliphatic imine (C=N–C) groups is 1. The molecule has 1 amide bonds. The average Bonchev–Trinajstić information content (AvgIpc) is 3.04. The molecule has 2 aliphatic rings. The number of carbonyl (C=O) groups is 1. The Hall–Kier alpha value is -3.24. The van der Waals surface area contributed by atoms with Crippen LogP contribution >= 0.6 is 0 Å². The van der Waals surface area contributed by atoms with Crippen LogP contribution in [0.25, 0.3) is 0 Å². The first-order valence-electron chi connectivity index (χ1n) is 9.52. The molecule has 3 N–H and O–H groups in total. The van der Waals surface area contributed by atoms with Gasteiger partial charge in [0.1, 0.15) is 29.8 Å². The highest BCUT2D eigenvalue weighted by Crippen LogP contribution is 2.54. The molecular formula is C20H19F4N5O2. The van der Waals surface area contributed by atoms with Gasteiger partial charge in [-0.3, -0.25) is 9.78 Å². The number of rotatable bonds is 4. The zero-order valence-electron chi connectivity index (χ0n) is 16.4. The van der Waals surface area contributed by atoms with Crippen molar-refractivity contribution in [1.82, 2.24) is 9.97 Å². The van der Waals surface area contributed by atoms with Crippen LogP contribution in [0.2, 0.25) is 0 Å². The molecule has 0 radical (unpaired) electrons. The molecule has 0 bridgehead atoms. The van der Waals surface area contributed by atoms with E-state index in [-0.39, 0.29) is 35.1 Å². The van der Waals surface area contributed by atoms with Gasteiger partial charge in [0, 0.05) is 17.7 Å². The minimum atomic E-state index is -3.14. The smallest absolute Gasteiger partial charge is 0.283 e. The fraction of sp³-hybridized carbons (Fsp3) is 0.400. The number of fused-ring (bicyclic) bond motifs is 1. The van der Waals surface area contributed by atoms with Gasteiger partial charge in [-0.25, -0.2) is 27.5 Å². The molecule has 164 valence electrons. The lowest BCUT2D eigenvalue weighted by Crippen LogP contribution is -2.51. The molecule has 2 heterocycles. The average molecular weight is 437 g/mol. The Morgan fingerprint density at radius 2 is 2.10 bits per heavy atom. The van der Waals surface area contributed by atoms with Gasteiger partial charge in [-0.1, -0.05) is 0 Å². The van der Waals surface area contributed by atoms with E-state index in [0.29, 0.717) is 0 Å². The number of benzene rings is 1. The third-order valence-corrected chi connectivity index (χ3v) is 5.65. The van der Waals surface area contributed by atoms with Crippen LogP contribution in [-0.2, 0) is 17.0 Å². The highest BCUT2D eigenvalue weighted by Gasteiger charge is 2.62. The van der Waals surface area contributed by atoms with E-state index < -0.39 is 48.3 Å². The first-order valence-corrected chi connectivity index (χ1v) is 9.52. The van der Waals surface area contributed by atoms with E-state index in [4.69, 9.17) is 10.5 Å². The highest BCUT2D eigenvalue weighted by molar-refractivity contribution is 6.02. The van der Waals surface area contributed by atoms with Crippen LogP contribution in [0.5, 0.6) is 0 Å². The lowest BCUT2D eigenvalue weighted by molar-refractivity contribution is -0.0961. The topological polar surface area (TPSA) is 102 Å². The quantitative estimate of drug-likeness (QED) is 0.715. The summed E-state index contributed by atoms with van der Waals surface area (Å²) in [7, 11) is 0. The summed E-state index contributed by atoms with van der Waals surface area (Å²) >= 11 is 0. The molecule has 0 saturated heterocycles. The Morgan fingerprint density at radius 1 is 1.32 bits per heavy atom. The van der Waals surface area contributed by atoms with Crippen molar-refractivity contribution in [3.8, 4) is 0 Å². The summed E-state index contributed by atoms with van der Waals surface area (Å²) in [4.78, 5) is 24.0. The molecule has 1 saturated carbocycles. The number of hydrogen-bond acceptors (Lipinski definition) is 6. The molecule has 4 rings (SSSR count). The first kappa shape index (κ1) is 21.0. The maximum Gasteiger partial charge on any atom is 0.283 e. The second-order valence-corrected chi connectivity index (χ2v) is 7.71. The van der Waals surface area contributed by atoms with Crippen molar-refractivity contribution in [3.05, 3.63) is 53.4 Å². The zero-order chi connectivity index (χ0) is 22.4. The summed E-state index contributed by atoms with van der Waals surface area (Å²) in [6, 6.07) is 3.28. The van der Waals surface area contributed by atoms with Crippen molar-refractivity contribution in [2.45, 2.75) is 44.0 Å². The van der Waals surface area contributed by atoms with Crippen LogP contribution < -0.4 is 11.1 Å². The SMILES string of the molecule is C[C@]1(c2cc(NC(=O)c3cnc(CF)cn3)ccc2F)N=C(N)O[C@@H]2CCC(F)(F)[C@@H]21. The number of hydrogen-bond donors (Lipinski definition) is 2. The zero-order valence-corrected chi connectivity index (χ0v) is 16.4. The minimum Gasteiger partial charge on any atom is -0.461 e. The summed E-state index contributed by atoms with van der Waals surface area (Å²) < 4.78 is 62.0. The normalized spacial score (nSPS) is 26.5. The van der Waals surface area contributed by atoms with Gasteiger partial charge in [0.15, 0.2) is 0 Å². The van der Waals surface area contributed by atoms with Crippen molar-refractivity contribution in [2.24, 2.45) is 16.6 Å². The number of nitrogens with zero attached hydrogens (tertiary/aromatic N) is 3. The maximum atomic E-state index is 14.8.